The largest absolute Gasteiger partial charge is 0.374 e. The molecule has 0 saturated heterocycles. The number of thioether (sulfide) groups is 1. The van der Waals surface area contributed by atoms with Crippen molar-refractivity contribution in [3.05, 3.63) is 65.7 Å². The number of anilines is 2. The molecule has 0 unspecified atom stereocenters. The van der Waals surface area contributed by atoms with E-state index in [0.29, 0.717) is 9.47 Å². The molecular weight excluding hydrogens is 340 g/mol. The van der Waals surface area contributed by atoms with Crippen molar-refractivity contribution >= 4 is 39.8 Å². The summed E-state index contributed by atoms with van der Waals surface area (Å²) in [5, 5.41) is 11.0. The van der Waals surface area contributed by atoms with Gasteiger partial charge >= 0.3 is 0 Å². The van der Waals surface area contributed by atoms with Gasteiger partial charge < -0.3 is 11.1 Å². The van der Waals surface area contributed by atoms with E-state index in [2.05, 4.69) is 27.6 Å². The van der Waals surface area contributed by atoms with E-state index in [1.165, 1.54) is 28.7 Å². The van der Waals surface area contributed by atoms with Crippen LogP contribution in [0.4, 0.5) is 10.8 Å². The summed E-state index contributed by atoms with van der Waals surface area (Å²) in [6.07, 6.45) is 0.775. The predicted octanol–water partition coefficient (Wildman–Crippen LogP) is 3.44. The van der Waals surface area contributed by atoms with Crippen LogP contribution < -0.4 is 11.1 Å². The highest BCUT2D eigenvalue weighted by Gasteiger charge is 2.09. The second-order valence-corrected chi connectivity index (χ2v) is 7.29. The van der Waals surface area contributed by atoms with Crippen LogP contribution in [0, 0.1) is 0 Å². The molecule has 122 valence electrons. The zero-order valence-electron chi connectivity index (χ0n) is 12.8. The van der Waals surface area contributed by atoms with Crippen molar-refractivity contribution < 1.29 is 4.79 Å². The van der Waals surface area contributed by atoms with Crippen LogP contribution in [0.15, 0.2) is 58.9 Å². The van der Waals surface area contributed by atoms with Crippen molar-refractivity contribution in [1.29, 1.82) is 0 Å². The molecule has 3 aromatic rings. The van der Waals surface area contributed by atoms with Gasteiger partial charge in [0.05, 0.1) is 5.75 Å². The topological polar surface area (TPSA) is 80.9 Å². The Morgan fingerprint density at radius 1 is 1.08 bits per heavy atom. The smallest absolute Gasteiger partial charge is 0.234 e. The Kier molecular flexibility index (Phi) is 5.45. The summed E-state index contributed by atoms with van der Waals surface area (Å²) in [6.45, 7) is 0. The standard InChI is InChI=1S/C17H16N4OS2/c18-16-20-21-17(24-16)23-11-15(22)19-14-9-5-4-8-13(14)10-12-6-2-1-3-7-12/h1-9H,10-11H2,(H2,18,20)(H,19,22). The molecule has 0 atom stereocenters. The molecule has 0 aliphatic heterocycles. The molecule has 0 aliphatic carbocycles. The van der Waals surface area contributed by atoms with Crippen molar-refractivity contribution in [3.8, 4) is 0 Å². The fourth-order valence-corrected chi connectivity index (χ4v) is 3.64. The van der Waals surface area contributed by atoms with Gasteiger partial charge in [-0.2, -0.15) is 0 Å². The van der Waals surface area contributed by atoms with Crippen LogP contribution in [-0.4, -0.2) is 21.9 Å². The first kappa shape index (κ1) is 16.5. The molecule has 1 aromatic heterocycles. The summed E-state index contributed by atoms with van der Waals surface area (Å²) in [4.78, 5) is 12.2. The lowest BCUT2D eigenvalue weighted by Gasteiger charge is -2.11. The third kappa shape index (κ3) is 4.56. The van der Waals surface area contributed by atoms with E-state index < -0.39 is 0 Å². The fraction of sp³-hybridized carbons (Fsp3) is 0.118. The number of nitrogens with zero attached hydrogens (tertiary/aromatic N) is 2. The highest BCUT2D eigenvalue weighted by atomic mass is 32.2. The van der Waals surface area contributed by atoms with E-state index in [-0.39, 0.29) is 11.7 Å². The number of nitrogens with two attached hydrogens (primary N) is 1. The molecule has 0 spiro atoms. The molecule has 24 heavy (non-hydrogen) atoms. The quantitative estimate of drug-likeness (QED) is 0.661. The molecule has 0 bridgehead atoms. The van der Waals surface area contributed by atoms with Crippen molar-refractivity contribution in [2.45, 2.75) is 10.8 Å². The predicted molar refractivity (Wildman–Crippen MR) is 99.4 cm³/mol. The van der Waals surface area contributed by atoms with E-state index in [4.69, 9.17) is 5.73 Å². The molecule has 0 radical (unpaired) electrons. The number of aromatic nitrogens is 2. The molecule has 3 rings (SSSR count). The summed E-state index contributed by atoms with van der Waals surface area (Å²) in [6, 6.07) is 18.0. The maximum Gasteiger partial charge on any atom is 0.234 e. The first-order chi connectivity index (χ1) is 11.7. The maximum atomic E-state index is 12.2. The van der Waals surface area contributed by atoms with Crippen molar-refractivity contribution in [1.82, 2.24) is 10.2 Å². The average molecular weight is 356 g/mol. The highest BCUT2D eigenvalue weighted by Crippen LogP contribution is 2.24. The van der Waals surface area contributed by atoms with Crippen LogP contribution in [0.5, 0.6) is 0 Å². The number of hydrogen-bond donors (Lipinski definition) is 2. The molecule has 0 saturated carbocycles. The maximum absolute atomic E-state index is 12.2. The van der Waals surface area contributed by atoms with Gasteiger partial charge in [-0.1, -0.05) is 71.6 Å². The van der Waals surface area contributed by atoms with Crippen molar-refractivity contribution in [2.24, 2.45) is 0 Å². The lowest BCUT2D eigenvalue weighted by molar-refractivity contribution is -0.113. The Morgan fingerprint density at radius 2 is 1.83 bits per heavy atom. The van der Waals surface area contributed by atoms with E-state index in [1.54, 1.807) is 0 Å². The fourth-order valence-electron chi connectivity index (χ4n) is 2.20. The number of carbonyl (C=O) groups is 1. The summed E-state index contributed by atoms with van der Waals surface area (Å²) >= 11 is 2.61. The summed E-state index contributed by atoms with van der Waals surface area (Å²) in [7, 11) is 0. The van der Waals surface area contributed by atoms with Gasteiger partial charge in [0.15, 0.2) is 4.34 Å². The molecule has 7 heteroatoms. The van der Waals surface area contributed by atoms with Crippen LogP contribution in [0.3, 0.4) is 0 Å². The summed E-state index contributed by atoms with van der Waals surface area (Å²) in [5.41, 5.74) is 8.66. The van der Waals surface area contributed by atoms with E-state index >= 15 is 0 Å². The molecule has 0 aliphatic rings. The first-order valence-electron chi connectivity index (χ1n) is 7.34. The molecule has 0 fully saturated rings. The second-order valence-electron chi connectivity index (χ2n) is 5.06. The Bertz CT molecular complexity index is 820. The van der Waals surface area contributed by atoms with Gasteiger partial charge in [0.1, 0.15) is 0 Å². The third-order valence-electron chi connectivity index (χ3n) is 3.28. The summed E-state index contributed by atoms with van der Waals surface area (Å²) in [5.74, 6) is 0.197. The number of amides is 1. The minimum atomic E-state index is -0.0747. The minimum Gasteiger partial charge on any atom is -0.374 e. The van der Waals surface area contributed by atoms with Gasteiger partial charge in [-0.3, -0.25) is 4.79 Å². The lowest BCUT2D eigenvalue weighted by atomic mass is 10.0. The molecular formula is C17H16N4OS2. The zero-order chi connectivity index (χ0) is 16.8. The number of hydrogen-bond acceptors (Lipinski definition) is 6. The number of nitrogen functional groups attached to an aromatic ring is 1. The van der Waals surface area contributed by atoms with Crippen molar-refractivity contribution in [3.63, 3.8) is 0 Å². The summed E-state index contributed by atoms with van der Waals surface area (Å²) < 4.78 is 0.695. The lowest BCUT2D eigenvalue weighted by Crippen LogP contribution is -2.15. The van der Waals surface area contributed by atoms with Crippen LogP contribution in [-0.2, 0) is 11.2 Å². The Labute approximate surface area is 148 Å². The number of para-hydroxylation sites is 1. The zero-order valence-corrected chi connectivity index (χ0v) is 14.4. The normalized spacial score (nSPS) is 10.5. The monoisotopic (exact) mass is 356 g/mol. The van der Waals surface area contributed by atoms with Crippen LogP contribution >= 0.6 is 23.1 Å². The second kappa shape index (κ2) is 7.94. The molecule has 3 N–H and O–H groups in total. The minimum absolute atomic E-state index is 0.0747. The van der Waals surface area contributed by atoms with E-state index in [0.717, 1.165) is 17.7 Å². The molecule has 2 aromatic carbocycles. The van der Waals surface area contributed by atoms with Crippen LogP contribution in [0.2, 0.25) is 0 Å². The third-order valence-corrected chi connectivity index (χ3v) is 5.16. The Hall–Kier alpha value is -2.38. The highest BCUT2D eigenvalue weighted by molar-refractivity contribution is 8.01. The number of carbonyl (C=O) groups excluding carboxylic acids is 1. The van der Waals surface area contributed by atoms with Gasteiger partial charge in [0, 0.05) is 5.69 Å². The molecule has 5 nitrogen and oxygen atoms in total. The van der Waals surface area contributed by atoms with Gasteiger partial charge in [-0.15, -0.1) is 10.2 Å². The Balaban J connectivity index is 1.63. The molecule has 1 amide bonds. The van der Waals surface area contributed by atoms with Crippen LogP contribution in [0.1, 0.15) is 11.1 Å². The van der Waals surface area contributed by atoms with E-state index in [9.17, 15) is 4.79 Å². The van der Waals surface area contributed by atoms with Gasteiger partial charge in [-0.05, 0) is 23.6 Å². The molecule has 1 heterocycles. The Morgan fingerprint density at radius 3 is 2.58 bits per heavy atom. The van der Waals surface area contributed by atoms with Gasteiger partial charge in [0.2, 0.25) is 11.0 Å². The van der Waals surface area contributed by atoms with Crippen LogP contribution in [0.25, 0.3) is 0 Å². The number of benzene rings is 2. The average Bonchev–Trinajstić information content (AvgIpc) is 3.01. The van der Waals surface area contributed by atoms with Crippen molar-refractivity contribution in [2.75, 3.05) is 16.8 Å². The first-order valence-corrected chi connectivity index (χ1v) is 9.14. The SMILES string of the molecule is Nc1nnc(SCC(=O)Nc2ccccc2Cc2ccccc2)s1. The number of nitrogens with one attached hydrogen (secondary N) is 1. The van der Waals surface area contributed by atoms with Gasteiger partial charge in [0.25, 0.3) is 0 Å². The van der Waals surface area contributed by atoms with Gasteiger partial charge in [-0.25, -0.2) is 0 Å². The van der Waals surface area contributed by atoms with E-state index in [1.807, 2.05) is 42.5 Å². The number of rotatable bonds is 6.